The predicted octanol–water partition coefficient (Wildman–Crippen LogP) is 3.57. The van der Waals surface area contributed by atoms with Crippen molar-refractivity contribution in [1.29, 1.82) is 0 Å². The molecule has 0 heterocycles. The van der Waals surface area contributed by atoms with Crippen LogP contribution in [0.4, 0.5) is 5.69 Å². The summed E-state index contributed by atoms with van der Waals surface area (Å²) in [6.07, 6.45) is 1.63. The molecule has 37 heavy (non-hydrogen) atoms. The highest BCUT2D eigenvalue weighted by Gasteiger charge is 2.30. The monoisotopic (exact) mass is 546 g/mol. The Morgan fingerprint density at radius 2 is 1.46 bits per heavy atom. The molecule has 1 amide bonds. The Morgan fingerprint density at radius 1 is 0.865 bits per heavy atom. The Hall–Kier alpha value is -3.57. The number of methoxy groups -OCH3 is 2. The van der Waals surface area contributed by atoms with Crippen molar-refractivity contribution in [2.45, 2.75) is 29.2 Å². The van der Waals surface area contributed by atoms with Crippen molar-refractivity contribution in [2.75, 3.05) is 31.3 Å². The van der Waals surface area contributed by atoms with Gasteiger partial charge in [-0.1, -0.05) is 31.2 Å². The largest absolute Gasteiger partial charge is 0.497 e. The van der Waals surface area contributed by atoms with E-state index in [4.69, 9.17) is 9.47 Å². The molecule has 0 aliphatic rings. The minimum Gasteiger partial charge on any atom is -0.497 e. The molecule has 0 aliphatic carbocycles. The maximum Gasteiger partial charge on any atom is 0.264 e. The van der Waals surface area contributed by atoms with E-state index in [1.807, 2.05) is 6.92 Å². The topological polar surface area (TPSA) is 119 Å². The molecule has 0 spiro atoms. The smallest absolute Gasteiger partial charge is 0.264 e. The Bertz CT molecular complexity index is 1440. The van der Waals surface area contributed by atoms with Gasteiger partial charge in [0.2, 0.25) is 5.91 Å². The molecule has 1 atom stereocenters. The fourth-order valence-electron chi connectivity index (χ4n) is 3.75. The molecule has 3 aromatic carbocycles. The maximum atomic E-state index is 13.7. The average Bonchev–Trinajstić information content (AvgIpc) is 2.90. The van der Waals surface area contributed by atoms with Crippen LogP contribution in [0.5, 0.6) is 11.5 Å². The van der Waals surface area contributed by atoms with E-state index < -0.39 is 38.4 Å². The first-order valence-corrected chi connectivity index (χ1v) is 14.7. The average molecular weight is 547 g/mol. The minimum absolute atomic E-state index is 0.0181. The number of anilines is 1. The maximum absolute atomic E-state index is 13.7. The summed E-state index contributed by atoms with van der Waals surface area (Å²) in [5.41, 5.74) is 0.909. The van der Waals surface area contributed by atoms with Gasteiger partial charge in [0, 0.05) is 6.26 Å². The van der Waals surface area contributed by atoms with E-state index in [2.05, 4.69) is 5.32 Å². The van der Waals surface area contributed by atoms with Crippen molar-refractivity contribution in [3.8, 4) is 11.5 Å². The molecule has 0 radical (unpaired) electrons. The van der Waals surface area contributed by atoms with Crippen LogP contribution in [-0.2, 0) is 24.7 Å². The second-order valence-electron chi connectivity index (χ2n) is 8.23. The lowest BCUT2D eigenvalue weighted by molar-refractivity contribution is -0.120. The third-order valence-corrected chi connectivity index (χ3v) is 8.65. The van der Waals surface area contributed by atoms with Gasteiger partial charge in [-0.25, -0.2) is 16.8 Å². The molecule has 9 nitrogen and oxygen atoms in total. The van der Waals surface area contributed by atoms with E-state index in [0.717, 1.165) is 10.6 Å². The van der Waals surface area contributed by atoms with Crippen LogP contribution < -0.4 is 19.1 Å². The number of sulfone groups is 1. The molecular formula is C26H30N2O7S2. The van der Waals surface area contributed by atoms with E-state index >= 15 is 0 Å². The van der Waals surface area contributed by atoms with Crippen molar-refractivity contribution in [2.24, 2.45) is 0 Å². The second kappa shape index (κ2) is 11.7. The lowest BCUT2D eigenvalue weighted by atomic mass is 10.0. The van der Waals surface area contributed by atoms with Crippen LogP contribution in [0.25, 0.3) is 0 Å². The number of hydrogen-bond donors (Lipinski definition) is 1. The number of nitrogens with one attached hydrogen (secondary N) is 1. The van der Waals surface area contributed by atoms with Crippen LogP contribution in [0.1, 0.15) is 24.9 Å². The van der Waals surface area contributed by atoms with Gasteiger partial charge in [0.25, 0.3) is 10.0 Å². The fourth-order valence-corrected chi connectivity index (χ4v) is 5.81. The quantitative estimate of drug-likeness (QED) is 0.391. The lowest BCUT2D eigenvalue weighted by Crippen LogP contribution is -2.42. The highest BCUT2D eigenvalue weighted by Crippen LogP contribution is 2.32. The molecule has 1 N–H and O–H groups in total. The summed E-state index contributed by atoms with van der Waals surface area (Å²) in [5, 5.41) is 2.87. The zero-order valence-corrected chi connectivity index (χ0v) is 22.7. The van der Waals surface area contributed by atoms with Crippen molar-refractivity contribution in [3.63, 3.8) is 0 Å². The number of amides is 1. The van der Waals surface area contributed by atoms with Crippen LogP contribution in [0.2, 0.25) is 0 Å². The van der Waals surface area contributed by atoms with Gasteiger partial charge >= 0.3 is 0 Å². The zero-order chi connectivity index (χ0) is 27.2. The number of sulfonamides is 1. The van der Waals surface area contributed by atoms with Gasteiger partial charge in [0.1, 0.15) is 18.0 Å². The standard InChI is InChI=1S/C26H30N2O7S2/c1-5-23(19-10-14-21(15-11-19)36(4,30)31)27-26(29)18-28(24-8-6-7-9-25(24)35-3)37(32,33)22-16-12-20(34-2)13-17-22/h6-17,23H,5,18H2,1-4H3,(H,27,29). The fraction of sp³-hybridized carbons (Fsp3) is 0.269. The molecule has 3 aromatic rings. The van der Waals surface area contributed by atoms with Crippen molar-refractivity contribution >= 4 is 31.5 Å². The molecule has 0 bridgehead atoms. The molecule has 0 saturated heterocycles. The molecule has 1 unspecified atom stereocenters. The number of benzene rings is 3. The highest BCUT2D eigenvalue weighted by molar-refractivity contribution is 7.93. The Morgan fingerprint density at radius 3 is 2.00 bits per heavy atom. The SMILES string of the molecule is CCC(NC(=O)CN(c1ccccc1OC)S(=O)(=O)c1ccc(OC)cc1)c1ccc(S(C)(=O)=O)cc1. The summed E-state index contributed by atoms with van der Waals surface area (Å²) in [4.78, 5) is 13.4. The van der Waals surface area contributed by atoms with Crippen LogP contribution in [0, 0.1) is 0 Å². The predicted molar refractivity (Wildman–Crippen MR) is 141 cm³/mol. The number of hydrogen-bond acceptors (Lipinski definition) is 7. The van der Waals surface area contributed by atoms with Gasteiger partial charge in [-0.2, -0.15) is 0 Å². The number of nitrogens with zero attached hydrogens (tertiary/aromatic N) is 1. The molecule has 198 valence electrons. The number of rotatable bonds is 11. The summed E-state index contributed by atoms with van der Waals surface area (Å²) in [6, 6.07) is 18.2. The third kappa shape index (κ3) is 6.60. The first-order valence-electron chi connectivity index (χ1n) is 11.4. The van der Waals surface area contributed by atoms with Crippen LogP contribution in [-0.4, -0.2) is 49.8 Å². The minimum atomic E-state index is -4.17. The van der Waals surface area contributed by atoms with Crippen molar-refractivity contribution < 1.29 is 31.1 Å². The van der Waals surface area contributed by atoms with E-state index in [0.29, 0.717) is 17.7 Å². The van der Waals surface area contributed by atoms with Gasteiger partial charge in [0.15, 0.2) is 9.84 Å². The summed E-state index contributed by atoms with van der Waals surface area (Å²) in [5.74, 6) is 0.242. The Kier molecular flexibility index (Phi) is 8.82. The molecule has 3 rings (SSSR count). The summed E-state index contributed by atoms with van der Waals surface area (Å²) in [7, 11) is -4.62. The zero-order valence-electron chi connectivity index (χ0n) is 21.0. The van der Waals surface area contributed by atoms with Gasteiger partial charge in [-0.3, -0.25) is 9.10 Å². The summed E-state index contributed by atoms with van der Waals surface area (Å²) in [6.45, 7) is 1.36. The Balaban J connectivity index is 1.93. The second-order valence-corrected chi connectivity index (χ2v) is 12.1. The van der Waals surface area contributed by atoms with Crippen LogP contribution in [0.15, 0.2) is 82.6 Å². The summed E-state index contributed by atoms with van der Waals surface area (Å²) >= 11 is 0. The normalized spacial score (nSPS) is 12.4. The van der Waals surface area contributed by atoms with Crippen molar-refractivity contribution in [1.82, 2.24) is 5.32 Å². The molecular weight excluding hydrogens is 516 g/mol. The number of carbonyl (C=O) groups is 1. The van der Waals surface area contributed by atoms with E-state index in [1.165, 1.54) is 50.6 Å². The number of para-hydroxylation sites is 2. The first-order chi connectivity index (χ1) is 17.5. The third-order valence-electron chi connectivity index (χ3n) is 5.74. The van der Waals surface area contributed by atoms with Crippen molar-refractivity contribution in [3.05, 3.63) is 78.4 Å². The van der Waals surface area contributed by atoms with Gasteiger partial charge in [-0.15, -0.1) is 0 Å². The summed E-state index contributed by atoms with van der Waals surface area (Å²) < 4.78 is 62.4. The molecule has 0 aliphatic heterocycles. The van der Waals surface area contributed by atoms with Gasteiger partial charge in [0.05, 0.1) is 35.7 Å². The molecule has 0 saturated carbocycles. The van der Waals surface area contributed by atoms with E-state index in [-0.39, 0.29) is 21.2 Å². The molecule has 0 fully saturated rings. The highest BCUT2D eigenvalue weighted by atomic mass is 32.2. The molecule has 0 aromatic heterocycles. The van der Waals surface area contributed by atoms with Gasteiger partial charge < -0.3 is 14.8 Å². The van der Waals surface area contributed by atoms with E-state index in [9.17, 15) is 21.6 Å². The van der Waals surface area contributed by atoms with Gasteiger partial charge in [-0.05, 0) is 60.5 Å². The number of carbonyl (C=O) groups excluding carboxylic acids is 1. The number of ether oxygens (including phenoxy) is 2. The van der Waals surface area contributed by atoms with Crippen LogP contribution in [0.3, 0.4) is 0 Å². The first kappa shape index (κ1) is 28.0. The van der Waals surface area contributed by atoms with E-state index in [1.54, 1.807) is 36.4 Å². The Labute approximate surface area is 218 Å². The molecule has 11 heteroatoms. The van der Waals surface area contributed by atoms with Crippen LogP contribution >= 0.6 is 0 Å². The lowest BCUT2D eigenvalue weighted by Gasteiger charge is -2.27.